The van der Waals surface area contributed by atoms with Gasteiger partial charge in [0.25, 0.3) is 0 Å². The van der Waals surface area contributed by atoms with E-state index in [0.717, 1.165) is 25.2 Å². The zero-order valence-corrected chi connectivity index (χ0v) is 13.3. The first kappa shape index (κ1) is 13.6. The number of hydrogen-bond donors (Lipinski definition) is 1. The lowest BCUT2D eigenvalue weighted by Gasteiger charge is -2.45. The molecule has 17 heavy (non-hydrogen) atoms. The monoisotopic (exact) mass is 315 g/mol. The van der Waals surface area contributed by atoms with E-state index in [9.17, 15) is 0 Å². The van der Waals surface area contributed by atoms with Gasteiger partial charge < -0.3 is 5.73 Å². The minimum Gasteiger partial charge on any atom is -0.325 e. The van der Waals surface area contributed by atoms with Crippen LogP contribution in [0.15, 0.2) is 15.9 Å². The Balaban J connectivity index is 2.12. The molecule has 2 unspecified atom stereocenters. The van der Waals surface area contributed by atoms with Crippen molar-refractivity contribution in [1.29, 1.82) is 0 Å². The van der Waals surface area contributed by atoms with Crippen molar-refractivity contribution < 1.29 is 0 Å². The average Bonchev–Trinajstić information content (AvgIpc) is 2.44. The second-order valence-corrected chi connectivity index (χ2v) is 9.15. The standard InChI is InChI=1S/C14H22BrNS/c1-10-6-13(2,3)9-14(16,7-10)8-11-4-5-12(15)17-11/h4-5,10H,6-9,16H2,1-3H3. The van der Waals surface area contributed by atoms with Crippen LogP contribution in [0.5, 0.6) is 0 Å². The van der Waals surface area contributed by atoms with Gasteiger partial charge in [-0.15, -0.1) is 11.3 Å². The molecule has 1 saturated carbocycles. The van der Waals surface area contributed by atoms with Gasteiger partial charge in [-0.25, -0.2) is 0 Å². The summed E-state index contributed by atoms with van der Waals surface area (Å²) in [6.07, 6.45) is 4.63. The summed E-state index contributed by atoms with van der Waals surface area (Å²) in [5, 5.41) is 0. The molecule has 1 heterocycles. The Hall–Kier alpha value is 0.140. The fourth-order valence-electron chi connectivity index (χ4n) is 3.74. The summed E-state index contributed by atoms with van der Waals surface area (Å²) in [6.45, 7) is 7.05. The van der Waals surface area contributed by atoms with Crippen LogP contribution in [-0.2, 0) is 6.42 Å². The maximum absolute atomic E-state index is 6.66. The Bertz CT molecular complexity index is 399. The summed E-state index contributed by atoms with van der Waals surface area (Å²) < 4.78 is 1.21. The van der Waals surface area contributed by atoms with Gasteiger partial charge in [0.05, 0.1) is 3.79 Å². The number of thiophene rings is 1. The quantitative estimate of drug-likeness (QED) is 0.848. The molecule has 96 valence electrons. The van der Waals surface area contributed by atoms with Gasteiger partial charge in [-0.1, -0.05) is 20.8 Å². The SMILES string of the molecule is CC1CC(C)(C)CC(N)(Cc2ccc(Br)s2)C1. The van der Waals surface area contributed by atoms with Crippen LogP contribution >= 0.6 is 27.3 Å². The van der Waals surface area contributed by atoms with Gasteiger partial charge in [0.15, 0.2) is 0 Å². The molecule has 1 aromatic heterocycles. The first-order chi connectivity index (χ1) is 7.78. The van der Waals surface area contributed by atoms with Crippen LogP contribution in [0.25, 0.3) is 0 Å². The van der Waals surface area contributed by atoms with Gasteiger partial charge in [0.1, 0.15) is 0 Å². The fourth-order valence-corrected chi connectivity index (χ4v) is 5.37. The summed E-state index contributed by atoms with van der Waals surface area (Å²) in [4.78, 5) is 1.41. The molecule has 1 nitrogen and oxygen atoms in total. The molecule has 0 saturated heterocycles. The van der Waals surface area contributed by atoms with E-state index in [-0.39, 0.29) is 5.54 Å². The highest BCUT2D eigenvalue weighted by atomic mass is 79.9. The lowest BCUT2D eigenvalue weighted by atomic mass is 9.63. The molecule has 0 aromatic carbocycles. The topological polar surface area (TPSA) is 26.0 Å². The van der Waals surface area contributed by atoms with Crippen molar-refractivity contribution in [3.8, 4) is 0 Å². The van der Waals surface area contributed by atoms with E-state index in [1.165, 1.54) is 15.1 Å². The van der Waals surface area contributed by atoms with E-state index in [1.807, 2.05) is 11.3 Å². The van der Waals surface area contributed by atoms with E-state index in [1.54, 1.807) is 0 Å². The fraction of sp³-hybridized carbons (Fsp3) is 0.714. The molecule has 1 aromatic rings. The van der Waals surface area contributed by atoms with Crippen LogP contribution < -0.4 is 5.73 Å². The Labute approximate surface area is 117 Å². The third kappa shape index (κ3) is 3.55. The maximum Gasteiger partial charge on any atom is 0.0701 e. The molecule has 1 aliphatic carbocycles. The molecule has 0 amide bonds. The predicted molar refractivity (Wildman–Crippen MR) is 79.4 cm³/mol. The lowest BCUT2D eigenvalue weighted by Crippen LogP contribution is -2.50. The number of nitrogens with two attached hydrogens (primary N) is 1. The zero-order chi connectivity index (χ0) is 12.7. The second kappa shape index (κ2) is 4.67. The van der Waals surface area contributed by atoms with Crippen molar-refractivity contribution in [3.63, 3.8) is 0 Å². The lowest BCUT2D eigenvalue weighted by molar-refractivity contribution is 0.108. The molecular formula is C14H22BrNS. The minimum absolute atomic E-state index is 0.00847. The summed E-state index contributed by atoms with van der Waals surface area (Å²) in [6, 6.07) is 4.33. The highest BCUT2D eigenvalue weighted by Crippen LogP contribution is 2.44. The van der Waals surface area contributed by atoms with Gasteiger partial charge >= 0.3 is 0 Å². The van der Waals surface area contributed by atoms with Crippen LogP contribution in [0, 0.1) is 11.3 Å². The molecule has 1 fully saturated rings. The number of rotatable bonds is 2. The van der Waals surface area contributed by atoms with Crippen LogP contribution in [0.2, 0.25) is 0 Å². The first-order valence-corrected chi connectivity index (χ1v) is 7.92. The van der Waals surface area contributed by atoms with Crippen molar-refractivity contribution in [1.82, 2.24) is 0 Å². The first-order valence-electron chi connectivity index (χ1n) is 6.31. The molecule has 0 aliphatic heterocycles. The van der Waals surface area contributed by atoms with E-state index >= 15 is 0 Å². The molecule has 2 atom stereocenters. The molecule has 1 aliphatic rings. The summed E-state index contributed by atoms with van der Waals surface area (Å²) in [5.74, 6) is 0.743. The molecular weight excluding hydrogens is 294 g/mol. The predicted octanol–water partition coefficient (Wildman–Crippen LogP) is 4.60. The van der Waals surface area contributed by atoms with Gasteiger partial charge in [-0.05, 0) is 65.1 Å². The van der Waals surface area contributed by atoms with Crippen molar-refractivity contribution in [2.24, 2.45) is 17.1 Å². The molecule has 0 bridgehead atoms. The van der Waals surface area contributed by atoms with E-state index in [0.29, 0.717) is 5.41 Å². The summed E-state index contributed by atoms with van der Waals surface area (Å²) in [7, 11) is 0. The van der Waals surface area contributed by atoms with Gasteiger partial charge in [0.2, 0.25) is 0 Å². The Kier molecular flexibility index (Phi) is 3.73. The third-order valence-electron chi connectivity index (χ3n) is 3.64. The molecule has 0 radical (unpaired) electrons. The van der Waals surface area contributed by atoms with Crippen molar-refractivity contribution in [3.05, 3.63) is 20.8 Å². The number of halogens is 1. The van der Waals surface area contributed by atoms with E-state index < -0.39 is 0 Å². The minimum atomic E-state index is -0.00847. The molecule has 2 N–H and O–H groups in total. The average molecular weight is 316 g/mol. The Morgan fingerprint density at radius 2 is 2.12 bits per heavy atom. The largest absolute Gasteiger partial charge is 0.325 e. The van der Waals surface area contributed by atoms with Crippen molar-refractivity contribution in [2.75, 3.05) is 0 Å². The number of hydrogen-bond acceptors (Lipinski definition) is 2. The molecule has 0 spiro atoms. The van der Waals surface area contributed by atoms with Crippen molar-refractivity contribution in [2.45, 2.75) is 52.0 Å². The van der Waals surface area contributed by atoms with E-state index in [4.69, 9.17) is 5.73 Å². The Morgan fingerprint density at radius 1 is 1.41 bits per heavy atom. The van der Waals surface area contributed by atoms with Crippen LogP contribution in [0.1, 0.15) is 44.9 Å². The smallest absolute Gasteiger partial charge is 0.0701 e. The Morgan fingerprint density at radius 3 is 2.65 bits per heavy atom. The zero-order valence-electron chi connectivity index (χ0n) is 10.9. The van der Waals surface area contributed by atoms with Gasteiger partial charge in [0, 0.05) is 10.4 Å². The van der Waals surface area contributed by atoms with Crippen LogP contribution in [0.4, 0.5) is 0 Å². The molecule has 3 heteroatoms. The highest BCUT2D eigenvalue weighted by molar-refractivity contribution is 9.11. The second-order valence-electron chi connectivity index (χ2n) is 6.60. The van der Waals surface area contributed by atoms with E-state index in [2.05, 4.69) is 48.8 Å². The normalized spacial score (nSPS) is 32.6. The van der Waals surface area contributed by atoms with Gasteiger partial charge in [-0.2, -0.15) is 0 Å². The summed E-state index contributed by atoms with van der Waals surface area (Å²) in [5.41, 5.74) is 7.04. The maximum atomic E-state index is 6.66. The molecule has 2 rings (SSSR count). The highest BCUT2D eigenvalue weighted by Gasteiger charge is 2.40. The van der Waals surface area contributed by atoms with Crippen LogP contribution in [0.3, 0.4) is 0 Å². The van der Waals surface area contributed by atoms with Gasteiger partial charge in [-0.3, -0.25) is 0 Å². The van der Waals surface area contributed by atoms with Crippen LogP contribution in [-0.4, -0.2) is 5.54 Å². The summed E-state index contributed by atoms with van der Waals surface area (Å²) >= 11 is 5.34. The third-order valence-corrected chi connectivity index (χ3v) is 5.27. The van der Waals surface area contributed by atoms with Crippen molar-refractivity contribution >= 4 is 27.3 Å².